The first-order valence-corrected chi connectivity index (χ1v) is 16.8. The molecule has 2 aromatic carbocycles. The summed E-state index contributed by atoms with van der Waals surface area (Å²) in [7, 11) is 3.12. The highest BCUT2D eigenvalue weighted by Crippen LogP contribution is 2.42. The number of aromatic nitrogens is 2. The molecule has 0 aliphatic carbocycles. The van der Waals surface area contributed by atoms with E-state index in [9.17, 15) is 9.59 Å². The standard InChI is InChI=1S/C35H36BrN3O6S/c1-6-44-34(41)30-31(22-11-8-7-9-12-22)37-35-39(32(30)25-17-26(36)28(43-5)18-27(25)42-4)33(40)29(46-35)16-23-15-20(2)38(21(23)3)19-24-13-10-14-45-24/h7-9,11-12,15-18,24,32H,6,10,13-14,19H2,1-5H3/b29-16-/t24-,32+/m0/s1. The van der Waals surface area contributed by atoms with Crippen LogP contribution < -0.4 is 24.4 Å². The molecule has 2 aliphatic rings. The number of carbonyl (C=O) groups excluding carboxylic acids is 1. The minimum Gasteiger partial charge on any atom is -0.496 e. The fraction of sp³-hybridized carbons (Fsp3) is 0.343. The van der Waals surface area contributed by atoms with Crippen LogP contribution in [0.25, 0.3) is 11.8 Å². The maximum absolute atomic E-state index is 14.5. The number of hydrogen-bond donors (Lipinski definition) is 0. The number of aryl methyl sites for hydroxylation is 1. The predicted molar refractivity (Wildman–Crippen MR) is 181 cm³/mol. The first-order chi connectivity index (χ1) is 22.2. The summed E-state index contributed by atoms with van der Waals surface area (Å²) >= 11 is 4.90. The van der Waals surface area contributed by atoms with Crippen LogP contribution in [0.3, 0.4) is 0 Å². The second-order valence-electron chi connectivity index (χ2n) is 11.2. The summed E-state index contributed by atoms with van der Waals surface area (Å²) < 4.78 is 27.9. The zero-order valence-electron chi connectivity index (χ0n) is 26.5. The van der Waals surface area contributed by atoms with Gasteiger partial charge in [0.2, 0.25) is 0 Å². The molecule has 1 fully saturated rings. The van der Waals surface area contributed by atoms with Gasteiger partial charge in [-0.3, -0.25) is 9.36 Å². The molecule has 46 heavy (non-hydrogen) atoms. The maximum Gasteiger partial charge on any atom is 0.338 e. The Hall–Kier alpha value is -3.93. The molecule has 0 spiro atoms. The minimum atomic E-state index is -0.892. The average molecular weight is 707 g/mol. The van der Waals surface area contributed by atoms with Crippen LogP contribution in [0.5, 0.6) is 11.5 Å². The van der Waals surface area contributed by atoms with Crippen LogP contribution in [-0.4, -0.2) is 48.6 Å². The van der Waals surface area contributed by atoms with Gasteiger partial charge in [0, 0.05) is 41.7 Å². The monoisotopic (exact) mass is 705 g/mol. The minimum absolute atomic E-state index is 0.159. The molecular formula is C35H36BrN3O6S. The molecule has 2 atom stereocenters. The average Bonchev–Trinajstić information content (AvgIpc) is 3.76. The number of methoxy groups -OCH3 is 2. The number of hydrogen-bond acceptors (Lipinski definition) is 8. The van der Waals surface area contributed by atoms with Gasteiger partial charge in [-0.1, -0.05) is 41.7 Å². The number of rotatable bonds is 9. The van der Waals surface area contributed by atoms with Crippen LogP contribution in [0.4, 0.5) is 0 Å². The third kappa shape index (κ3) is 5.87. The van der Waals surface area contributed by atoms with E-state index in [1.54, 1.807) is 31.8 Å². The highest BCUT2D eigenvalue weighted by Gasteiger charge is 2.37. The number of halogens is 1. The smallest absolute Gasteiger partial charge is 0.338 e. The number of thiazole rings is 1. The van der Waals surface area contributed by atoms with Gasteiger partial charge >= 0.3 is 5.97 Å². The van der Waals surface area contributed by atoms with Crippen molar-refractivity contribution in [3.05, 3.63) is 106 Å². The van der Waals surface area contributed by atoms with Crippen LogP contribution >= 0.6 is 27.3 Å². The fourth-order valence-electron chi connectivity index (χ4n) is 6.22. The van der Waals surface area contributed by atoms with Gasteiger partial charge in [0.1, 0.15) is 17.5 Å². The van der Waals surface area contributed by atoms with Crippen molar-refractivity contribution < 1.29 is 23.7 Å². The number of ether oxygens (including phenoxy) is 4. The van der Waals surface area contributed by atoms with Gasteiger partial charge in [-0.15, -0.1) is 0 Å². The number of esters is 1. The summed E-state index contributed by atoms with van der Waals surface area (Å²) in [5.41, 5.74) is 4.87. The van der Waals surface area contributed by atoms with Gasteiger partial charge in [0.05, 0.1) is 47.2 Å². The lowest BCUT2D eigenvalue weighted by Crippen LogP contribution is -2.40. The van der Waals surface area contributed by atoms with Gasteiger partial charge in [-0.2, -0.15) is 0 Å². The Labute approximate surface area is 279 Å². The van der Waals surface area contributed by atoms with E-state index in [4.69, 9.17) is 23.9 Å². The number of fused-ring (bicyclic) bond motifs is 1. The lowest BCUT2D eigenvalue weighted by Gasteiger charge is -2.27. The SMILES string of the molecule is CCOC(=O)C1=C(c2ccccc2)N=c2s/c(=C\c3cc(C)n(C[C@@H]4CCCO4)c3C)c(=O)n2[C@@H]1c1cc(Br)c(OC)cc1OC. The predicted octanol–water partition coefficient (Wildman–Crippen LogP) is 5.31. The van der Waals surface area contributed by atoms with E-state index in [2.05, 4.69) is 40.4 Å². The van der Waals surface area contributed by atoms with E-state index >= 15 is 0 Å². The van der Waals surface area contributed by atoms with E-state index in [1.807, 2.05) is 42.5 Å². The van der Waals surface area contributed by atoms with Gasteiger partial charge in [-0.05, 0) is 73.3 Å². The molecule has 0 unspecified atom stereocenters. The van der Waals surface area contributed by atoms with Crippen molar-refractivity contribution in [2.75, 3.05) is 27.4 Å². The van der Waals surface area contributed by atoms with Crippen molar-refractivity contribution in [2.24, 2.45) is 4.99 Å². The topological polar surface area (TPSA) is 93.3 Å². The molecule has 4 aromatic rings. The van der Waals surface area contributed by atoms with Crippen LogP contribution in [0, 0.1) is 13.8 Å². The van der Waals surface area contributed by atoms with Crippen molar-refractivity contribution in [3.8, 4) is 11.5 Å². The van der Waals surface area contributed by atoms with E-state index in [1.165, 1.54) is 11.3 Å². The van der Waals surface area contributed by atoms with Crippen LogP contribution in [-0.2, 0) is 20.8 Å². The molecule has 11 heteroatoms. The Morgan fingerprint density at radius 2 is 1.89 bits per heavy atom. The summed E-state index contributed by atoms with van der Waals surface area (Å²) in [6.45, 7) is 7.64. The lowest BCUT2D eigenvalue weighted by atomic mass is 9.92. The largest absolute Gasteiger partial charge is 0.496 e. The van der Waals surface area contributed by atoms with Crippen molar-refractivity contribution in [2.45, 2.75) is 52.3 Å². The van der Waals surface area contributed by atoms with E-state index in [0.717, 1.165) is 48.5 Å². The van der Waals surface area contributed by atoms with Crippen molar-refractivity contribution >= 4 is 45.0 Å². The molecule has 0 amide bonds. The molecule has 9 nitrogen and oxygen atoms in total. The molecule has 0 N–H and O–H groups in total. The number of nitrogens with zero attached hydrogens (tertiary/aromatic N) is 3. The first-order valence-electron chi connectivity index (χ1n) is 15.2. The maximum atomic E-state index is 14.5. The molecule has 0 bridgehead atoms. The highest BCUT2D eigenvalue weighted by molar-refractivity contribution is 9.10. The molecule has 0 radical (unpaired) electrons. The van der Waals surface area contributed by atoms with Crippen molar-refractivity contribution in [1.29, 1.82) is 0 Å². The molecule has 2 aliphatic heterocycles. The molecule has 0 saturated carbocycles. The van der Waals surface area contributed by atoms with Gasteiger partial charge in [0.15, 0.2) is 4.80 Å². The molecule has 1 saturated heterocycles. The van der Waals surface area contributed by atoms with Crippen LogP contribution in [0.2, 0.25) is 0 Å². The number of benzene rings is 2. The Bertz CT molecular complexity index is 2000. The molecule has 2 aromatic heterocycles. The van der Waals surface area contributed by atoms with Gasteiger partial charge in [0.25, 0.3) is 5.56 Å². The third-order valence-electron chi connectivity index (χ3n) is 8.48. The quantitative estimate of drug-likeness (QED) is 0.219. The summed E-state index contributed by atoms with van der Waals surface area (Å²) in [5, 5.41) is 0. The van der Waals surface area contributed by atoms with Crippen molar-refractivity contribution in [3.63, 3.8) is 0 Å². The van der Waals surface area contributed by atoms with E-state index < -0.39 is 12.0 Å². The second-order valence-corrected chi connectivity index (χ2v) is 13.1. The highest BCUT2D eigenvalue weighted by atomic mass is 79.9. The van der Waals surface area contributed by atoms with Gasteiger partial charge < -0.3 is 23.5 Å². The van der Waals surface area contributed by atoms with Crippen LogP contribution in [0.1, 0.15) is 53.9 Å². The Morgan fingerprint density at radius 3 is 2.57 bits per heavy atom. The van der Waals surface area contributed by atoms with Crippen LogP contribution in [0.15, 0.2) is 68.4 Å². The van der Waals surface area contributed by atoms with Gasteiger partial charge in [-0.25, -0.2) is 9.79 Å². The fourth-order valence-corrected chi connectivity index (χ4v) is 7.73. The van der Waals surface area contributed by atoms with Crippen molar-refractivity contribution in [1.82, 2.24) is 9.13 Å². The lowest BCUT2D eigenvalue weighted by molar-refractivity contribution is -0.138. The second kappa shape index (κ2) is 13.4. The normalized spacial score (nSPS) is 18.0. The Kier molecular flexibility index (Phi) is 9.35. The first kappa shape index (κ1) is 32.0. The summed E-state index contributed by atoms with van der Waals surface area (Å²) in [6, 6.07) is 14.3. The summed E-state index contributed by atoms with van der Waals surface area (Å²) in [4.78, 5) is 33.8. The number of carbonyl (C=O) groups is 1. The summed E-state index contributed by atoms with van der Waals surface area (Å²) in [6.07, 6.45) is 4.24. The Morgan fingerprint density at radius 1 is 1.13 bits per heavy atom. The van der Waals surface area contributed by atoms with E-state index in [0.29, 0.717) is 36.6 Å². The van der Waals surface area contributed by atoms with E-state index in [-0.39, 0.29) is 23.8 Å². The molecular weight excluding hydrogens is 670 g/mol. The molecule has 240 valence electrons. The molecule has 6 rings (SSSR count). The zero-order valence-corrected chi connectivity index (χ0v) is 28.9. The molecule has 4 heterocycles. The summed E-state index contributed by atoms with van der Waals surface area (Å²) in [5.74, 6) is 0.445. The zero-order chi connectivity index (χ0) is 32.5. The third-order valence-corrected chi connectivity index (χ3v) is 10.1. The Balaban J connectivity index is 1.61.